The van der Waals surface area contributed by atoms with E-state index in [4.69, 9.17) is 16.3 Å². The Balaban J connectivity index is 1.48. The van der Waals surface area contributed by atoms with Gasteiger partial charge < -0.3 is 15.0 Å². The average molecular weight is 414 g/mol. The van der Waals surface area contributed by atoms with Gasteiger partial charge in [-0.1, -0.05) is 41.9 Å². The van der Waals surface area contributed by atoms with Crippen molar-refractivity contribution in [3.05, 3.63) is 75.3 Å². The molecule has 3 aromatic rings. The summed E-state index contributed by atoms with van der Waals surface area (Å²) in [4.78, 5) is 43.0. The van der Waals surface area contributed by atoms with Gasteiger partial charge in [-0.15, -0.1) is 0 Å². The van der Waals surface area contributed by atoms with E-state index in [2.05, 4.69) is 15.3 Å². The number of hydrogen-bond donors (Lipinski definition) is 2. The Morgan fingerprint density at radius 1 is 1.17 bits per heavy atom. The third-order valence-electron chi connectivity index (χ3n) is 4.34. The number of benzene rings is 2. The number of aryl methyl sites for hydroxylation is 1. The number of aromatic nitrogens is 2. The maximum atomic E-state index is 12.0. The molecule has 0 unspecified atom stereocenters. The van der Waals surface area contributed by atoms with Crippen LogP contribution in [0.1, 0.15) is 30.8 Å². The average Bonchev–Trinajstić information content (AvgIpc) is 2.71. The quantitative estimate of drug-likeness (QED) is 0.580. The van der Waals surface area contributed by atoms with E-state index in [-0.39, 0.29) is 24.4 Å². The first-order valence-electron chi connectivity index (χ1n) is 9.11. The third-order valence-corrected chi connectivity index (χ3v) is 4.69. The number of nitrogens with one attached hydrogen (secondary N) is 2. The lowest BCUT2D eigenvalue weighted by Crippen LogP contribution is -2.31. The molecule has 1 amide bonds. The Kier molecular flexibility index (Phi) is 6.61. The van der Waals surface area contributed by atoms with Gasteiger partial charge in [-0.25, -0.2) is 4.98 Å². The number of carbonyl (C=O) groups excluding carboxylic acids is 2. The fourth-order valence-corrected chi connectivity index (χ4v) is 3.18. The highest BCUT2D eigenvalue weighted by atomic mass is 35.5. The van der Waals surface area contributed by atoms with E-state index in [1.54, 1.807) is 43.3 Å². The summed E-state index contributed by atoms with van der Waals surface area (Å²) in [6.45, 7) is 1.40. The van der Waals surface area contributed by atoms with E-state index in [1.165, 1.54) is 0 Å². The van der Waals surface area contributed by atoms with Crippen LogP contribution < -0.4 is 10.9 Å². The van der Waals surface area contributed by atoms with E-state index < -0.39 is 18.5 Å². The predicted octanol–water partition coefficient (Wildman–Crippen LogP) is 2.93. The number of rotatable bonds is 7. The number of ether oxygens (including phenoxy) is 1. The Bertz CT molecular complexity index is 1100. The Hall–Kier alpha value is -3.19. The van der Waals surface area contributed by atoms with Gasteiger partial charge >= 0.3 is 5.97 Å². The summed E-state index contributed by atoms with van der Waals surface area (Å²) < 4.78 is 5.01. The first kappa shape index (κ1) is 20.5. The molecule has 0 aliphatic heterocycles. The molecule has 0 bridgehead atoms. The highest BCUT2D eigenvalue weighted by molar-refractivity contribution is 6.31. The van der Waals surface area contributed by atoms with Gasteiger partial charge in [0, 0.05) is 11.4 Å². The standard InChI is InChI=1S/C21H20ClN3O4/c1-13(14-6-2-4-8-16(14)22)23-19(26)12-29-20(27)11-10-18-24-17-9-5-3-7-15(17)21(28)25-18/h2-9,13H,10-12H2,1H3,(H,23,26)(H,24,25,28)/t13-/m0/s1. The van der Waals surface area contributed by atoms with Crippen LogP contribution in [0, 0.1) is 0 Å². The summed E-state index contributed by atoms with van der Waals surface area (Å²) in [6.07, 6.45) is 0.200. The maximum Gasteiger partial charge on any atom is 0.306 e. The van der Waals surface area contributed by atoms with Crippen LogP contribution in [0.4, 0.5) is 0 Å². The number of carbonyl (C=O) groups is 2. The van der Waals surface area contributed by atoms with Crippen molar-refractivity contribution >= 4 is 34.4 Å². The molecule has 0 saturated heterocycles. The number of aromatic amines is 1. The largest absolute Gasteiger partial charge is 0.456 e. The molecule has 2 aromatic carbocycles. The monoisotopic (exact) mass is 413 g/mol. The van der Waals surface area contributed by atoms with Gasteiger partial charge in [0.05, 0.1) is 23.4 Å². The summed E-state index contributed by atoms with van der Waals surface area (Å²) in [5.41, 5.74) is 1.08. The SMILES string of the molecule is C[C@H](NC(=O)COC(=O)CCc1nc2ccccc2c(=O)[nH]1)c1ccccc1Cl. The zero-order chi connectivity index (χ0) is 20.8. The Morgan fingerprint density at radius 2 is 1.90 bits per heavy atom. The van der Waals surface area contributed by atoms with Crippen molar-refractivity contribution in [3.63, 3.8) is 0 Å². The van der Waals surface area contributed by atoms with Gasteiger partial charge in [-0.3, -0.25) is 14.4 Å². The molecule has 1 aromatic heterocycles. The van der Waals surface area contributed by atoms with Gasteiger partial charge in [-0.05, 0) is 30.7 Å². The number of para-hydroxylation sites is 1. The zero-order valence-electron chi connectivity index (χ0n) is 15.8. The summed E-state index contributed by atoms with van der Waals surface area (Å²) in [7, 11) is 0. The molecule has 0 saturated carbocycles. The van der Waals surface area contributed by atoms with Crippen LogP contribution in [-0.4, -0.2) is 28.5 Å². The topological polar surface area (TPSA) is 101 Å². The van der Waals surface area contributed by atoms with Crippen molar-refractivity contribution in [2.45, 2.75) is 25.8 Å². The van der Waals surface area contributed by atoms with Crippen molar-refractivity contribution in [2.24, 2.45) is 0 Å². The molecule has 0 radical (unpaired) electrons. The molecule has 150 valence electrons. The lowest BCUT2D eigenvalue weighted by atomic mass is 10.1. The summed E-state index contributed by atoms with van der Waals surface area (Å²) in [5.74, 6) is -0.591. The molecule has 0 aliphatic rings. The van der Waals surface area contributed by atoms with Gasteiger partial charge in [0.2, 0.25) is 0 Å². The molecule has 0 aliphatic carbocycles. The van der Waals surface area contributed by atoms with Crippen molar-refractivity contribution in [1.29, 1.82) is 0 Å². The number of esters is 1. The molecule has 3 rings (SSSR count). The second-order valence-corrected chi connectivity index (χ2v) is 6.91. The van der Waals surface area contributed by atoms with E-state index in [9.17, 15) is 14.4 Å². The minimum atomic E-state index is -0.554. The van der Waals surface area contributed by atoms with Gasteiger partial charge in [0.15, 0.2) is 6.61 Å². The van der Waals surface area contributed by atoms with Crippen molar-refractivity contribution in [2.75, 3.05) is 6.61 Å². The summed E-state index contributed by atoms with van der Waals surface area (Å²) in [6, 6.07) is 13.8. The first-order chi connectivity index (χ1) is 13.9. The molecular formula is C21H20ClN3O4. The molecular weight excluding hydrogens is 394 g/mol. The predicted molar refractivity (Wildman–Crippen MR) is 110 cm³/mol. The van der Waals surface area contributed by atoms with Crippen LogP contribution in [0.5, 0.6) is 0 Å². The second-order valence-electron chi connectivity index (χ2n) is 6.50. The summed E-state index contributed by atoms with van der Waals surface area (Å²) >= 11 is 6.11. The van der Waals surface area contributed by atoms with E-state index >= 15 is 0 Å². The second kappa shape index (κ2) is 9.34. The van der Waals surface area contributed by atoms with Crippen molar-refractivity contribution in [1.82, 2.24) is 15.3 Å². The first-order valence-corrected chi connectivity index (χ1v) is 9.49. The van der Waals surface area contributed by atoms with Crippen LogP contribution in [-0.2, 0) is 20.7 Å². The molecule has 7 nitrogen and oxygen atoms in total. The lowest BCUT2D eigenvalue weighted by molar-refractivity contribution is -0.148. The number of amides is 1. The van der Waals surface area contributed by atoms with Crippen LogP contribution in [0.25, 0.3) is 10.9 Å². The molecule has 0 spiro atoms. The van der Waals surface area contributed by atoms with Gasteiger partial charge in [-0.2, -0.15) is 0 Å². The number of H-pyrrole nitrogens is 1. The van der Waals surface area contributed by atoms with Crippen LogP contribution in [0.3, 0.4) is 0 Å². The molecule has 29 heavy (non-hydrogen) atoms. The maximum absolute atomic E-state index is 12.0. The molecule has 1 atom stereocenters. The Labute approximate surface area is 172 Å². The van der Waals surface area contributed by atoms with E-state index in [0.29, 0.717) is 21.7 Å². The highest BCUT2D eigenvalue weighted by Crippen LogP contribution is 2.21. The fraction of sp³-hybridized carbons (Fsp3) is 0.238. The molecule has 8 heteroatoms. The van der Waals surface area contributed by atoms with Gasteiger partial charge in [0.1, 0.15) is 5.82 Å². The third kappa shape index (κ3) is 5.42. The van der Waals surface area contributed by atoms with E-state index in [0.717, 1.165) is 5.56 Å². The Morgan fingerprint density at radius 3 is 2.69 bits per heavy atom. The number of halogens is 1. The van der Waals surface area contributed by atoms with Crippen LogP contribution >= 0.6 is 11.6 Å². The molecule has 1 heterocycles. The number of nitrogens with zero attached hydrogens (tertiary/aromatic N) is 1. The van der Waals surface area contributed by atoms with Crippen LogP contribution in [0.2, 0.25) is 5.02 Å². The minimum Gasteiger partial charge on any atom is -0.456 e. The normalized spacial score (nSPS) is 11.8. The fourth-order valence-electron chi connectivity index (χ4n) is 2.88. The smallest absolute Gasteiger partial charge is 0.306 e. The van der Waals surface area contributed by atoms with Crippen LogP contribution in [0.15, 0.2) is 53.3 Å². The number of fused-ring (bicyclic) bond motifs is 1. The molecule has 2 N–H and O–H groups in total. The molecule has 0 fully saturated rings. The highest BCUT2D eigenvalue weighted by Gasteiger charge is 2.14. The summed E-state index contributed by atoms with van der Waals surface area (Å²) in [5, 5.41) is 3.77. The number of hydrogen-bond acceptors (Lipinski definition) is 5. The van der Waals surface area contributed by atoms with Crippen molar-refractivity contribution in [3.8, 4) is 0 Å². The van der Waals surface area contributed by atoms with Gasteiger partial charge in [0.25, 0.3) is 11.5 Å². The van der Waals surface area contributed by atoms with E-state index in [1.807, 2.05) is 12.1 Å². The van der Waals surface area contributed by atoms with Crippen molar-refractivity contribution < 1.29 is 14.3 Å². The zero-order valence-corrected chi connectivity index (χ0v) is 16.5. The lowest BCUT2D eigenvalue weighted by Gasteiger charge is -2.15. The minimum absolute atomic E-state index is 0.00533.